The zero-order chi connectivity index (χ0) is 10.8. The molecule has 2 rings (SSSR count). The third kappa shape index (κ3) is 1.51. The molecule has 78 valence electrons. The summed E-state index contributed by atoms with van der Waals surface area (Å²) in [6.45, 7) is 0.689. The van der Waals surface area contributed by atoms with Gasteiger partial charge in [-0.05, 0) is 12.1 Å². The summed E-state index contributed by atoms with van der Waals surface area (Å²) in [5.74, 6) is 4.61. The Morgan fingerprint density at radius 1 is 1.13 bits per heavy atom. The second-order valence-corrected chi connectivity index (χ2v) is 3.26. The standard InChI is InChI=1S/C10H11N3O2/c11-12-5-6-13-9(14)7-3-1-2-4-8(7)10(13)15/h1-4,12H,5-6,11H2. The summed E-state index contributed by atoms with van der Waals surface area (Å²) in [7, 11) is 0. The molecule has 1 aliphatic rings. The summed E-state index contributed by atoms with van der Waals surface area (Å²) in [5, 5.41) is 0. The first-order chi connectivity index (χ1) is 7.25. The van der Waals surface area contributed by atoms with Gasteiger partial charge in [-0.25, -0.2) is 0 Å². The quantitative estimate of drug-likeness (QED) is 0.405. The van der Waals surface area contributed by atoms with Crippen molar-refractivity contribution >= 4 is 11.8 Å². The molecule has 1 heterocycles. The highest BCUT2D eigenvalue weighted by molar-refractivity contribution is 6.21. The molecule has 0 radical (unpaired) electrons. The fraction of sp³-hybridized carbons (Fsp3) is 0.200. The topological polar surface area (TPSA) is 75.4 Å². The van der Waals surface area contributed by atoms with Gasteiger partial charge in [0.25, 0.3) is 11.8 Å². The van der Waals surface area contributed by atoms with Gasteiger partial charge >= 0.3 is 0 Å². The number of rotatable bonds is 3. The van der Waals surface area contributed by atoms with Crippen LogP contribution in [0.5, 0.6) is 0 Å². The Kier molecular flexibility index (Phi) is 2.49. The number of amides is 2. The first-order valence-electron chi connectivity index (χ1n) is 4.64. The third-order valence-corrected chi connectivity index (χ3v) is 2.36. The molecule has 0 fully saturated rings. The van der Waals surface area contributed by atoms with Crippen molar-refractivity contribution < 1.29 is 9.59 Å². The van der Waals surface area contributed by atoms with E-state index in [1.165, 1.54) is 4.90 Å². The van der Waals surface area contributed by atoms with Crippen molar-refractivity contribution in [1.82, 2.24) is 10.3 Å². The van der Waals surface area contributed by atoms with Gasteiger partial charge in [0.1, 0.15) is 0 Å². The number of hydrazine groups is 1. The molecule has 1 aromatic carbocycles. The highest BCUT2D eigenvalue weighted by Gasteiger charge is 2.34. The minimum absolute atomic E-state index is 0.245. The van der Waals surface area contributed by atoms with Gasteiger partial charge in [0.2, 0.25) is 0 Å². The van der Waals surface area contributed by atoms with Crippen molar-refractivity contribution in [2.24, 2.45) is 5.84 Å². The first-order valence-corrected chi connectivity index (χ1v) is 4.64. The minimum Gasteiger partial charge on any atom is -0.273 e. The lowest BCUT2D eigenvalue weighted by atomic mass is 10.1. The largest absolute Gasteiger partial charge is 0.273 e. The lowest BCUT2D eigenvalue weighted by molar-refractivity contribution is 0.0656. The van der Waals surface area contributed by atoms with Crippen LogP contribution in [0.25, 0.3) is 0 Å². The molecule has 1 aliphatic heterocycles. The summed E-state index contributed by atoms with van der Waals surface area (Å²) in [6.07, 6.45) is 0. The summed E-state index contributed by atoms with van der Waals surface area (Å²) in [4.78, 5) is 24.7. The monoisotopic (exact) mass is 205 g/mol. The number of imide groups is 1. The zero-order valence-electron chi connectivity index (χ0n) is 8.06. The SMILES string of the molecule is NNCCN1C(=O)c2ccccc2C1=O. The Morgan fingerprint density at radius 3 is 2.13 bits per heavy atom. The molecule has 0 saturated heterocycles. The van der Waals surface area contributed by atoms with Crippen LogP contribution in [0.15, 0.2) is 24.3 Å². The van der Waals surface area contributed by atoms with E-state index in [0.717, 1.165) is 0 Å². The van der Waals surface area contributed by atoms with Gasteiger partial charge in [-0.2, -0.15) is 0 Å². The molecule has 0 atom stereocenters. The van der Waals surface area contributed by atoms with Gasteiger partial charge in [-0.1, -0.05) is 12.1 Å². The Morgan fingerprint density at radius 2 is 1.67 bits per heavy atom. The lowest BCUT2D eigenvalue weighted by Crippen LogP contribution is -2.38. The van der Waals surface area contributed by atoms with Crippen LogP contribution in [0.1, 0.15) is 20.7 Å². The van der Waals surface area contributed by atoms with Crippen molar-refractivity contribution in [2.75, 3.05) is 13.1 Å². The highest BCUT2D eigenvalue weighted by atomic mass is 16.2. The third-order valence-electron chi connectivity index (χ3n) is 2.36. The van der Waals surface area contributed by atoms with Gasteiger partial charge in [0.15, 0.2) is 0 Å². The van der Waals surface area contributed by atoms with Crippen LogP contribution in [0, 0.1) is 0 Å². The average molecular weight is 205 g/mol. The molecule has 3 N–H and O–H groups in total. The number of hydrogen-bond acceptors (Lipinski definition) is 4. The Labute approximate surface area is 86.8 Å². The number of benzene rings is 1. The van der Waals surface area contributed by atoms with E-state index >= 15 is 0 Å². The van der Waals surface area contributed by atoms with E-state index in [1.807, 2.05) is 0 Å². The van der Waals surface area contributed by atoms with Crippen molar-refractivity contribution in [2.45, 2.75) is 0 Å². The van der Waals surface area contributed by atoms with Crippen molar-refractivity contribution in [3.05, 3.63) is 35.4 Å². The van der Waals surface area contributed by atoms with Crippen molar-refractivity contribution in [1.29, 1.82) is 0 Å². The van der Waals surface area contributed by atoms with Crippen LogP contribution in [0.4, 0.5) is 0 Å². The van der Waals surface area contributed by atoms with Crippen LogP contribution in [0.3, 0.4) is 0 Å². The number of carbonyl (C=O) groups excluding carboxylic acids is 2. The summed E-state index contributed by atoms with van der Waals surface area (Å²) >= 11 is 0. The fourth-order valence-corrected chi connectivity index (χ4v) is 1.62. The van der Waals surface area contributed by atoms with Crippen LogP contribution in [-0.4, -0.2) is 29.8 Å². The zero-order valence-corrected chi connectivity index (χ0v) is 8.06. The molecule has 5 heteroatoms. The highest BCUT2D eigenvalue weighted by Crippen LogP contribution is 2.21. The summed E-state index contributed by atoms with van der Waals surface area (Å²) in [6, 6.07) is 6.81. The molecule has 5 nitrogen and oxygen atoms in total. The number of nitrogens with zero attached hydrogens (tertiary/aromatic N) is 1. The predicted octanol–water partition coefficient (Wildman–Crippen LogP) is -0.254. The maximum absolute atomic E-state index is 11.7. The molecular formula is C10H11N3O2. The van der Waals surface area contributed by atoms with Gasteiger partial charge in [0, 0.05) is 13.1 Å². The smallest absolute Gasteiger partial charge is 0.261 e. The number of carbonyl (C=O) groups is 2. The summed E-state index contributed by atoms with van der Waals surface area (Å²) < 4.78 is 0. The second kappa shape index (κ2) is 3.80. The number of fused-ring (bicyclic) bond motifs is 1. The number of nitrogens with one attached hydrogen (secondary N) is 1. The Hall–Kier alpha value is -1.72. The van der Waals surface area contributed by atoms with Gasteiger partial charge in [-0.3, -0.25) is 25.8 Å². The van der Waals surface area contributed by atoms with E-state index in [2.05, 4.69) is 5.43 Å². The molecule has 0 aromatic heterocycles. The molecule has 15 heavy (non-hydrogen) atoms. The Bertz CT molecular complexity index is 382. The molecular weight excluding hydrogens is 194 g/mol. The predicted molar refractivity (Wildman–Crippen MR) is 54.0 cm³/mol. The van der Waals surface area contributed by atoms with Gasteiger partial charge in [0.05, 0.1) is 11.1 Å². The van der Waals surface area contributed by atoms with E-state index < -0.39 is 0 Å². The van der Waals surface area contributed by atoms with Crippen LogP contribution in [-0.2, 0) is 0 Å². The second-order valence-electron chi connectivity index (χ2n) is 3.26. The first kappa shape index (κ1) is 9.82. The lowest BCUT2D eigenvalue weighted by Gasteiger charge is -2.12. The molecule has 0 aliphatic carbocycles. The molecule has 0 unspecified atom stereocenters. The van der Waals surface area contributed by atoms with Crippen LogP contribution in [0.2, 0.25) is 0 Å². The van der Waals surface area contributed by atoms with Crippen LogP contribution >= 0.6 is 0 Å². The van der Waals surface area contributed by atoms with E-state index in [1.54, 1.807) is 24.3 Å². The average Bonchev–Trinajstić information content (AvgIpc) is 2.51. The molecule has 1 aromatic rings. The van der Waals surface area contributed by atoms with Gasteiger partial charge < -0.3 is 0 Å². The van der Waals surface area contributed by atoms with Gasteiger partial charge in [-0.15, -0.1) is 0 Å². The van der Waals surface area contributed by atoms with E-state index in [0.29, 0.717) is 24.2 Å². The number of hydrogen-bond donors (Lipinski definition) is 2. The fourth-order valence-electron chi connectivity index (χ4n) is 1.62. The van der Waals surface area contributed by atoms with Crippen LogP contribution < -0.4 is 11.3 Å². The minimum atomic E-state index is -0.245. The maximum atomic E-state index is 11.7. The molecule has 2 amide bonds. The Balaban J connectivity index is 2.29. The van der Waals surface area contributed by atoms with E-state index in [9.17, 15) is 9.59 Å². The molecule has 0 saturated carbocycles. The van der Waals surface area contributed by atoms with E-state index in [-0.39, 0.29) is 11.8 Å². The maximum Gasteiger partial charge on any atom is 0.261 e. The normalized spacial score (nSPS) is 14.6. The molecule has 0 bridgehead atoms. The van der Waals surface area contributed by atoms with E-state index in [4.69, 9.17) is 5.84 Å². The van der Waals surface area contributed by atoms with Crippen molar-refractivity contribution in [3.63, 3.8) is 0 Å². The number of nitrogens with two attached hydrogens (primary N) is 1. The molecule has 0 spiro atoms. The van der Waals surface area contributed by atoms with Crippen molar-refractivity contribution in [3.8, 4) is 0 Å². The summed E-state index contributed by atoms with van der Waals surface area (Å²) in [5.41, 5.74) is 3.36.